The molecular formula is C27H56N2O5P4S3. The molecule has 0 aromatic heterocycles. The van der Waals surface area contributed by atoms with E-state index in [1.807, 2.05) is 6.92 Å². The molecule has 0 fully saturated rings. The third-order valence-electron chi connectivity index (χ3n) is 6.76. The molecule has 7 nitrogen and oxygen atoms in total. The highest BCUT2D eigenvalue weighted by atomic mass is 32.2. The van der Waals surface area contributed by atoms with Crippen LogP contribution in [0.4, 0.5) is 0 Å². The molecule has 0 saturated heterocycles. The highest BCUT2D eigenvalue weighted by Crippen LogP contribution is 2.56. The molecule has 0 saturated carbocycles. The first-order chi connectivity index (χ1) is 17.9. The van der Waals surface area contributed by atoms with E-state index < -0.39 is 28.6 Å². The number of hydrogen-bond acceptors (Lipinski definition) is 10. The molecule has 0 aromatic carbocycles. The summed E-state index contributed by atoms with van der Waals surface area (Å²) in [5, 5.41) is 17.4. The number of hydrogen-bond donors (Lipinski definition) is 1. The predicted octanol–water partition coefficient (Wildman–Crippen LogP) is 9.89. The van der Waals surface area contributed by atoms with Crippen LogP contribution in [0.25, 0.3) is 0 Å². The monoisotopic (exact) mass is 708 g/mol. The average molecular weight is 709 g/mol. The van der Waals surface area contributed by atoms with Crippen LogP contribution < -0.4 is 0 Å². The topological polar surface area (TPSA) is 125 Å². The number of thiocarbonyl (C=S) groups is 1. The van der Waals surface area contributed by atoms with Gasteiger partial charge in [-0.2, -0.15) is 23.2 Å². The Balaban J connectivity index is -0.000000742. The summed E-state index contributed by atoms with van der Waals surface area (Å²) >= 11 is 11.0. The molecule has 0 rings (SSSR count). The summed E-state index contributed by atoms with van der Waals surface area (Å²) in [6.45, 7) is 19.9. The first-order valence-corrected chi connectivity index (χ1v) is 25.8. The summed E-state index contributed by atoms with van der Waals surface area (Å²) in [5.74, 6) is 0.340. The Labute approximate surface area is 267 Å². The summed E-state index contributed by atoms with van der Waals surface area (Å²) in [4.78, 5) is -0.453. The van der Waals surface area contributed by atoms with E-state index in [9.17, 15) is 18.3 Å². The molecule has 242 valence electrons. The molecule has 5 unspecified atom stereocenters. The van der Waals surface area contributed by atoms with Crippen molar-refractivity contribution in [1.82, 2.24) is 0 Å². The Hall–Kier alpha value is 0.490. The highest BCUT2D eigenvalue weighted by molar-refractivity contribution is 8.26. The van der Waals surface area contributed by atoms with Gasteiger partial charge in [0.2, 0.25) is 4.38 Å². The third kappa shape index (κ3) is 21.8. The molecule has 0 aliphatic heterocycles. The van der Waals surface area contributed by atoms with Crippen molar-refractivity contribution in [1.29, 1.82) is 10.5 Å². The van der Waals surface area contributed by atoms with Gasteiger partial charge in [-0.3, -0.25) is 0 Å². The van der Waals surface area contributed by atoms with Gasteiger partial charge in [-0.1, -0.05) is 33.0 Å². The third-order valence-corrected chi connectivity index (χ3v) is 19.3. The first-order valence-electron chi connectivity index (χ1n) is 13.4. The lowest BCUT2D eigenvalue weighted by Crippen LogP contribution is -2.21. The van der Waals surface area contributed by atoms with Crippen molar-refractivity contribution in [2.24, 2.45) is 5.92 Å². The quantitative estimate of drug-likeness (QED) is 0.101. The second-order valence-corrected chi connectivity index (χ2v) is 29.6. The number of nitrogens with zero attached hydrogens (tertiary/aromatic N) is 2. The van der Waals surface area contributed by atoms with Crippen LogP contribution in [0, 0.1) is 28.6 Å². The molecule has 0 aromatic rings. The van der Waals surface area contributed by atoms with E-state index in [1.165, 1.54) is 11.8 Å². The van der Waals surface area contributed by atoms with E-state index in [0.29, 0.717) is 48.8 Å². The second-order valence-electron chi connectivity index (χ2n) is 12.3. The maximum absolute atomic E-state index is 12.7. The van der Waals surface area contributed by atoms with Crippen molar-refractivity contribution in [2.75, 3.05) is 53.3 Å². The summed E-state index contributed by atoms with van der Waals surface area (Å²) in [6.07, 6.45) is 3.02. The van der Waals surface area contributed by atoms with Crippen LogP contribution in [0.5, 0.6) is 0 Å². The minimum Gasteiger partial charge on any atom is -0.475 e. The predicted molar refractivity (Wildman–Crippen MR) is 193 cm³/mol. The molecule has 0 heterocycles. The Morgan fingerprint density at radius 2 is 1.17 bits per heavy atom. The zero-order valence-electron chi connectivity index (χ0n) is 26.2. The van der Waals surface area contributed by atoms with Crippen molar-refractivity contribution >= 4 is 69.6 Å². The Kier molecular flexibility index (Phi) is 23.0. The zero-order valence-corrected chi connectivity index (χ0v) is 32.3. The molecule has 0 N–H and O–H groups in total. The van der Waals surface area contributed by atoms with Crippen molar-refractivity contribution in [3.63, 3.8) is 0 Å². The van der Waals surface area contributed by atoms with Crippen LogP contribution in [-0.4, -0.2) is 85.1 Å². The standard InChI is InChI=1S/C16H31NO3P2S2.C10H21NO2P2S.CH4/c1-12(2)13(3)20-16(23)24-15(22(6,7)19)11-14(9-8-10-17)21(4,5)18;1-14(2,12)9(6-5-7-11)8-10(16)15(3,4)13;/h12-15H,8-9,11H2,1-7H3;9-10,16H,5-6,8H2,1-4H3;1H4. The maximum Gasteiger partial charge on any atom is 0.220 e. The number of nitriles is 2. The van der Waals surface area contributed by atoms with Crippen molar-refractivity contribution in [3.8, 4) is 12.1 Å². The van der Waals surface area contributed by atoms with Gasteiger partial charge in [0.15, 0.2) is 0 Å². The lowest BCUT2D eigenvalue weighted by molar-refractivity contribution is 0.168. The normalized spacial score (nSPS) is 16.0. The van der Waals surface area contributed by atoms with E-state index in [1.54, 1.807) is 53.3 Å². The van der Waals surface area contributed by atoms with E-state index in [-0.39, 0.29) is 34.8 Å². The molecule has 0 amide bonds. The molecular weight excluding hydrogens is 652 g/mol. The fraction of sp³-hybridized carbons (Fsp3) is 0.889. The van der Waals surface area contributed by atoms with Gasteiger partial charge in [-0.15, -0.1) is 0 Å². The van der Waals surface area contributed by atoms with E-state index in [2.05, 4.69) is 38.6 Å². The molecule has 0 bridgehead atoms. The van der Waals surface area contributed by atoms with Crippen LogP contribution in [0.2, 0.25) is 0 Å². The van der Waals surface area contributed by atoms with Crippen molar-refractivity contribution in [2.45, 2.75) is 94.1 Å². The molecule has 14 heteroatoms. The van der Waals surface area contributed by atoms with E-state index in [0.717, 1.165) is 0 Å². The maximum atomic E-state index is 12.7. The largest absolute Gasteiger partial charge is 0.475 e. The number of thioether (sulfide) groups is 1. The van der Waals surface area contributed by atoms with Gasteiger partial charge in [-0.25, -0.2) is 0 Å². The van der Waals surface area contributed by atoms with E-state index >= 15 is 0 Å². The summed E-state index contributed by atoms with van der Waals surface area (Å²) < 4.78 is 55.3. The zero-order chi connectivity index (χ0) is 32.1. The Bertz CT molecular complexity index is 1070. The van der Waals surface area contributed by atoms with Crippen LogP contribution in [0.3, 0.4) is 0 Å². The molecule has 0 spiro atoms. The van der Waals surface area contributed by atoms with Crippen LogP contribution >= 0.6 is 65.2 Å². The van der Waals surface area contributed by atoms with Gasteiger partial charge < -0.3 is 23.0 Å². The van der Waals surface area contributed by atoms with Crippen molar-refractivity contribution in [3.05, 3.63) is 0 Å². The summed E-state index contributed by atoms with van der Waals surface area (Å²) in [6, 6.07) is 4.18. The fourth-order valence-electron chi connectivity index (χ4n) is 3.41. The van der Waals surface area contributed by atoms with Gasteiger partial charge in [-0.05, 0) is 104 Å². The molecule has 0 aliphatic carbocycles. The van der Waals surface area contributed by atoms with E-state index in [4.69, 9.17) is 27.5 Å². The number of thiol groups is 1. The van der Waals surface area contributed by atoms with Crippen LogP contribution in [0.15, 0.2) is 0 Å². The Morgan fingerprint density at radius 1 is 0.780 bits per heavy atom. The lowest BCUT2D eigenvalue weighted by atomic mass is 10.1. The molecule has 0 aliphatic rings. The molecule has 41 heavy (non-hydrogen) atoms. The van der Waals surface area contributed by atoms with Crippen molar-refractivity contribution < 1.29 is 23.0 Å². The van der Waals surface area contributed by atoms with Gasteiger partial charge in [0.05, 0.1) is 56.8 Å². The summed E-state index contributed by atoms with van der Waals surface area (Å²) in [7, 11) is -9.35. The number of ether oxygens (including phenoxy) is 1. The van der Waals surface area contributed by atoms with Crippen LogP contribution in [0.1, 0.15) is 66.7 Å². The van der Waals surface area contributed by atoms with Gasteiger partial charge in [0, 0.05) is 24.2 Å². The smallest absolute Gasteiger partial charge is 0.220 e. The minimum absolute atomic E-state index is 0. The molecule has 0 radical (unpaired) electrons. The fourth-order valence-corrected chi connectivity index (χ4v) is 11.5. The minimum atomic E-state index is -2.46. The van der Waals surface area contributed by atoms with Gasteiger partial charge in [0.1, 0.15) is 0 Å². The van der Waals surface area contributed by atoms with Gasteiger partial charge in [0.25, 0.3) is 0 Å². The second kappa shape index (κ2) is 20.5. The average Bonchev–Trinajstić information content (AvgIpc) is 2.75. The van der Waals surface area contributed by atoms with Crippen LogP contribution in [-0.2, 0) is 23.0 Å². The number of rotatable bonds is 15. The first kappa shape index (κ1) is 45.9. The van der Waals surface area contributed by atoms with Gasteiger partial charge >= 0.3 is 0 Å². The Morgan fingerprint density at radius 3 is 1.46 bits per heavy atom. The highest BCUT2D eigenvalue weighted by Gasteiger charge is 2.34. The lowest BCUT2D eigenvalue weighted by Gasteiger charge is -2.29. The SMILES string of the molecule is C.CC(C)C(C)OC(=S)SC(CC(CCC#N)P(C)(C)=O)P(C)(C)=O.CP(C)(=O)C(S)CC(CCC#N)P(C)(C)=O. The molecule has 5 atom stereocenters. The summed E-state index contributed by atoms with van der Waals surface area (Å²) in [5.41, 5.74) is -0.156.